The summed E-state index contributed by atoms with van der Waals surface area (Å²) in [7, 11) is 0. The zero-order chi connectivity index (χ0) is 9.19. The summed E-state index contributed by atoms with van der Waals surface area (Å²) in [6.45, 7) is 7.19. The molecule has 3 heteroatoms. The highest BCUT2D eigenvalue weighted by atomic mass is 16.1. The maximum absolute atomic E-state index is 11.1. The van der Waals surface area contributed by atoms with Gasteiger partial charge in [0.2, 0.25) is 5.91 Å². The Hall–Kier alpha value is -0.570. The number of hydrogen-bond acceptors (Lipinski definition) is 2. The second kappa shape index (κ2) is 3.44. The van der Waals surface area contributed by atoms with Crippen LogP contribution in [0.2, 0.25) is 0 Å². The maximum Gasteiger partial charge on any atom is 0.220 e. The number of nitrogens with one attached hydrogen (secondary N) is 2. The lowest BCUT2D eigenvalue weighted by molar-refractivity contribution is -0.125. The standard InChI is InChI=1S/C9H18N2O/c1-4-10-7-5-6-8(12)11-9(7,2)3/h7,10H,4-6H2,1-3H3,(H,11,12). The van der Waals surface area contributed by atoms with Crippen LogP contribution in [0.15, 0.2) is 0 Å². The number of amides is 1. The summed E-state index contributed by atoms with van der Waals surface area (Å²) < 4.78 is 0. The van der Waals surface area contributed by atoms with E-state index in [9.17, 15) is 4.79 Å². The minimum Gasteiger partial charge on any atom is -0.350 e. The molecule has 1 unspecified atom stereocenters. The number of hydrogen-bond donors (Lipinski definition) is 2. The number of rotatable bonds is 2. The van der Waals surface area contributed by atoms with Crippen LogP contribution in [0, 0.1) is 0 Å². The average Bonchev–Trinajstić information content (AvgIpc) is 1.94. The minimum atomic E-state index is -0.0919. The third-order valence-corrected chi connectivity index (χ3v) is 2.44. The van der Waals surface area contributed by atoms with Gasteiger partial charge in [0.25, 0.3) is 0 Å². The van der Waals surface area contributed by atoms with E-state index in [1.54, 1.807) is 0 Å². The molecule has 0 aromatic heterocycles. The Labute approximate surface area is 73.9 Å². The Morgan fingerprint density at radius 3 is 2.83 bits per heavy atom. The van der Waals surface area contributed by atoms with Gasteiger partial charge in [-0.2, -0.15) is 0 Å². The Balaban J connectivity index is 2.57. The highest BCUT2D eigenvalue weighted by Crippen LogP contribution is 2.19. The molecule has 0 spiro atoms. The molecule has 1 heterocycles. The number of carbonyl (C=O) groups excluding carboxylic acids is 1. The molecule has 1 atom stereocenters. The van der Waals surface area contributed by atoms with E-state index in [-0.39, 0.29) is 11.4 Å². The van der Waals surface area contributed by atoms with E-state index < -0.39 is 0 Å². The molecule has 1 amide bonds. The van der Waals surface area contributed by atoms with Crippen molar-refractivity contribution in [2.45, 2.75) is 45.2 Å². The van der Waals surface area contributed by atoms with Gasteiger partial charge in [0.1, 0.15) is 0 Å². The molecule has 1 aliphatic rings. The molecular weight excluding hydrogens is 152 g/mol. The Bertz CT molecular complexity index is 177. The van der Waals surface area contributed by atoms with E-state index in [4.69, 9.17) is 0 Å². The van der Waals surface area contributed by atoms with Gasteiger partial charge in [0.05, 0.1) is 0 Å². The number of likely N-dealkylation sites (N-methyl/N-ethyl adjacent to an activating group) is 1. The van der Waals surface area contributed by atoms with Crippen LogP contribution in [0.1, 0.15) is 33.6 Å². The van der Waals surface area contributed by atoms with Crippen LogP contribution < -0.4 is 10.6 Å². The van der Waals surface area contributed by atoms with Crippen LogP contribution in [-0.2, 0) is 4.79 Å². The van der Waals surface area contributed by atoms with Crippen molar-refractivity contribution < 1.29 is 4.79 Å². The fourth-order valence-corrected chi connectivity index (χ4v) is 1.75. The van der Waals surface area contributed by atoms with Crippen LogP contribution in [0.3, 0.4) is 0 Å². The van der Waals surface area contributed by atoms with Crippen LogP contribution in [0.4, 0.5) is 0 Å². The number of carbonyl (C=O) groups is 1. The lowest BCUT2D eigenvalue weighted by Gasteiger charge is -2.39. The van der Waals surface area contributed by atoms with Crippen molar-refractivity contribution in [3.63, 3.8) is 0 Å². The molecular formula is C9H18N2O. The summed E-state index contributed by atoms with van der Waals surface area (Å²) in [6.07, 6.45) is 1.60. The average molecular weight is 170 g/mol. The normalized spacial score (nSPS) is 28.2. The monoisotopic (exact) mass is 170 g/mol. The highest BCUT2D eigenvalue weighted by Gasteiger charge is 2.34. The second-order valence-corrected chi connectivity index (χ2v) is 3.92. The van der Waals surface area contributed by atoms with Gasteiger partial charge in [-0.25, -0.2) is 0 Å². The van der Waals surface area contributed by atoms with Crippen molar-refractivity contribution in [2.75, 3.05) is 6.54 Å². The summed E-state index contributed by atoms with van der Waals surface area (Å²) in [4.78, 5) is 11.1. The molecule has 1 saturated heterocycles. The Morgan fingerprint density at radius 1 is 1.67 bits per heavy atom. The van der Waals surface area contributed by atoms with Gasteiger partial charge in [0, 0.05) is 18.0 Å². The van der Waals surface area contributed by atoms with Gasteiger partial charge in [0.15, 0.2) is 0 Å². The largest absolute Gasteiger partial charge is 0.350 e. The lowest BCUT2D eigenvalue weighted by atomic mass is 9.87. The molecule has 3 nitrogen and oxygen atoms in total. The predicted molar refractivity (Wildman–Crippen MR) is 48.9 cm³/mol. The van der Waals surface area contributed by atoms with Crippen LogP contribution >= 0.6 is 0 Å². The zero-order valence-electron chi connectivity index (χ0n) is 8.11. The van der Waals surface area contributed by atoms with E-state index in [0.717, 1.165) is 13.0 Å². The van der Waals surface area contributed by atoms with Gasteiger partial charge in [-0.3, -0.25) is 4.79 Å². The summed E-state index contributed by atoms with van der Waals surface area (Å²) in [6, 6.07) is 0.417. The molecule has 0 bridgehead atoms. The minimum absolute atomic E-state index is 0.0919. The van der Waals surface area contributed by atoms with Crippen molar-refractivity contribution in [1.82, 2.24) is 10.6 Å². The third kappa shape index (κ3) is 1.97. The molecule has 0 saturated carbocycles. The molecule has 12 heavy (non-hydrogen) atoms. The molecule has 70 valence electrons. The SMILES string of the molecule is CCNC1CCC(=O)NC1(C)C. The first kappa shape index (κ1) is 9.52. The van der Waals surface area contributed by atoms with Crippen molar-refractivity contribution in [3.8, 4) is 0 Å². The maximum atomic E-state index is 11.1. The summed E-state index contributed by atoms with van der Waals surface area (Å²) in [5.41, 5.74) is -0.0919. The van der Waals surface area contributed by atoms with Crippen molar-refractivity contribution in [3.05, 3.63) is 0 Å². The van der Waals surface area contributed by atoms with Gasteiger partial charge < -0.3 is 10.6 Å². The van der Waals surface area contributed by atoms with Crippen molar-refractivity contribution in [2.24, 2.45) is 0 Å². The molecule has 0 aliphatic carbocycles. The summed E-state index contributed by atoms with van der Waals surface area (Å²) in [5.74, 6) is 0.175. The fourth-order valence-electron chi connectivity index (χ4n) is 1.75. The smallest absolute Gasteiger partial charge is 0.220 e. The quantitative estimate of drug-likeness (QED) is 0.639. The third-order valence-electron chi connectivity index (χ3n) is 2.44. The molecule has 0 radical (unpaired) electrons. The zero-order valence-corrected chi connectivity index (χ0v) is 8.11. The molecule has 0 aromatic rings. The van der Waals surface area contributed by atoms with Crippen molar-refractivity contribution >= 4 is 5.91 Å². The second-order valence-electron chi connectivity index (χ2n) is 3.92. The lowest BCUT2D eigenvalue weighted by Crippen LogP contribution is -2.61. The van der Waals surface area contributed by atoms with Crippen LogP contribution in [-0.4, -0.2) is 24.0 Å². The molecule has 1 rings (SSSR count). The molecule has 0 aromatic carbocycles. The number of piperidine rings is 1. The van der Waals surface area contributed by atoms with Crippen molar-refractivity contribution in [1.29, 1.82) is 0 Å². The predicted octanol–water partition coefficient (Wildman–Crippen LogP) is 0.653. The highest BCUT2D eigenvalue weighted by molar-refractivity contribution is 5.77. The van der Waals surface area contributed by atoms with E-state index in [0.29, 0.717) is 12.5 Å². The van der Waals surface area contributed by atoms with Crippen LogP contribution in [0.25, 0.3) is 0 Å². The first-order valence-electron chi connectivity index (χ1n) is 4.60. The molecule has 1 fully saturated rings. The van der Waals surface area contributed by atoms with E-state index in [1.165, 1.54) is 0 Å². The fraction of sp³-hybridized carbons (Fsp3) is 0.889. The van der Waals surface area contributed by atoms with Gasteiger partial charge in [-0.15, -0.1) is 0 Å². The van der Waals surface area contributed by atoms with Crippen LogP contribution in [0.5, 0.6) is 0 Å². The summed E-state index contributed by atoms with van der Waals surface area (Å²) in [5, 5.41) is 6.37. The molecule has 1 aliphatic heterocycles. The molecule has 2 N–H and O–H groups in total. The Morgan fingerprint density at radius 2 is 2.33 bits per heavy atom. The van der Waals surface area contributed by atoms with Gasteiger partial charge in [-0.05, 0) is 26.8 Å². The Kier molecular flexibility index (Phi) is 2.73. The van der Waals surface area contributed by atoms with E-state index >= 15 is 0 Å². The topological polar surface area (TPSA) is 41.1 Å². The van der Waals surface area contributed by atoms with E-state index in [2.05, 4.69) is 31.4 Å². The van der Waals surface area contributed by atoms with E-state index in [1.807, 2.05) is 0 Å². The first-order chi connectivity index (χ1) is 5.56. The van der Waals surface area contributed by atoms with Gasteiger partial charge >= 0.3 is 0 Å². The van der Waals surface area contributed by atoms with Gasteiger partial charge in [-0.1, -0.05) is 6.92 Å². The first-order valence-corrected chi connectivity index (χ1v) is 4.60. The summed E-state index contributed by atoms with van der Waals surface area (Å²) >= 11 is 0.